The molecule has 3 heteroatoms. The molecule has 0 spiro atoms. The van der Waals surface area contributed by atoms with Crippen LogP contribution < -0.4 is 4.90 Å². The van der Waals surface area contributed by atoms with E-state index in [4.69, 9.17) is 0 Å². The Bertz CT molecular complexity index is 992. The highest BCUT2D eigenvalue weighted by Crippen LogP contribution is 2.44. The third-order valence-corrected chi connectivity index (χ3v) is 6.30. The Kier molecular flexibility index (Phi) is 4.29. The lowest BCUT2D eigenvalue weighted by Gasteiger charge is -2.47. The predicted molar refractivity (Wildman–Crippen MR) is 114 cm³/mol. The number of ketones is 2. The second-order valence-corrected chi connectivity index (χ2v) is 8.69. The van der Waals surface area contributed by atoms with Crippen LogP contribution in [0, 0.1) is 6.92 Å². The highest BCUT2D eigenvalue weighted by Gasteiger charge is 2.36. The molecule has 144 valence electrons. The van der Waals surface area contributed by atoms with Crippen molar-refractivity contribution in [3.05, 3.63) is 69.8 Å². The molecular weight excluding hydrogens is 346 g/mol. The number of allylic oxidation sites excluding steroid dienone is 1. The molecular formula is C25H27NO2. The molecule has 1 aliphatic carbocycles. The summed E-state index contributed by atoms with van der Waals surface area (Å²) in [5.74, 6) is 0.0990. The molecule has 1 aliphatic heterocycles. The van der Waals surface area contributed by atoms with Gasteiger partial charge in [-0.2, -0.15) is 0 Å². The average molecular weight is 373 g/mol. The molecule has 0 saturated heterocycles. The van der Waals surface area contributed by atoms with Gasteiger partial charge in [0, 0.05) is 28.9 Å². The summed E-state index contributed by atoms with van der Waals surface area (Å²) in [4.78, 5) is 28.0. The van der Waals surface area contributed by atoms with E-state index < -0.39 is 0 Å². The zero-order valence-corrected chi connectivity index (χ0v) is 17.3. The number of aryl methyl sites for hydroxylation is 1. The standard InChI is InChI=1S/C25H27NO2/c1-6-26-22-11-15(2)17(12-20(22)16(3)14-25(26,4)5)13-21-23(27)18-9-7-8-10-19(18)24(21)28/h7-13,16H,6,14H2,1-5H3/t16-/m1/s1. The van der Waals surface area contributed by atoms with Crippen molar-refractivity contribution < 1.29 is 9.59 Å². The van der Waals surface area contributed by atoms with Crippen molar-refractivity contribution in [1.82, 2.24) is 0 Å². The third-order valence-electron chi connectivity index (χ3n) is 6.30. The van der Waals surface area contributed by atoms with Crippen LogP contribution >= 0.6 is 0 Å². The fraction of sp³-hybridized carbons (Fsp3) is 0.360. The van der Waals surface area contributed by atoms with E-state index in [0.717, 1.165) is 24.1 Å². The van der Waals surface area contributed by atoms with Gasteiger partial charge in [0.05, 0.1) is 5.57 Å². The molecule has 0 fully saturated rings. The van der Waals surface area contributed by atoms with Crippen molar-refractivity contribution in [1.29, 1.82) is 0 Å². The quantitative estimate of drug-likeness (QED) is 0.510. The van der Waals surface area contributed by atoms with Crippen LogP contribution in [0.15, 0.2) is 42.0 Å². The molecule has 28 heavy (non-hydrogen) atoms. The molecule has 2 aromatic rings. The minimum Gasteiger partial charge on any atom is -0.366 e. The van der Waals surface area contributed by atoms with Crippen LogP contribution in [0.4, 0.5) is 5.69 Å². The minimum absolute atomic E-state index is 0.118. The number of rotatable bonds is 2. The zero-order valence-electron chi connectivity index (χ0n) is 17.3. The number of nitrogens with zero attached hydrogens (tertiary/aromatic N) is 1. The van der Waals surface area contributed by atoms with Gasteiger partial charge in [0.2, 0.25) is 0 Å². The molecule has 0 radical (unpaired) electrons. The van der Waals surface area contributed by atoms with Crippen molar-refractivity contribution in [3.8, 4) is 0 Å². The SMILES string of the molecule is CCN1c2cc(C)c(C=C3C(=O)c4ccccc4C3=O)cc2[C@H](C)CC1(C)C. The lowest BCUT2D eigenvalue weighted by atomic mass is 9.79. The summed E-state index contributed by atoms with van der Waals surface area (Å²) in [5, 5.41) is 0. The first-order chi connectivity index (χ1) is 13.2. The normalized spacial score (nSPS) is 20.2. The average Bonchev–Trinajstić information content (AvgIpc) is 2.88. The van der Waals surface area contributed by atoms with Gasteiger partial charge >= 0.3 is 0 Å². The van der Waals surface area contributed by atoms with Crippen LogP contribution in [0.25, 0.3) is 6.08 Å². The van der Waals surface area contributed by atoms with Crippen LogP contribution in [0.5, 0.6) is 0 Å². The van der Waals surface area contributed by atoms with Gasteiger partial charge in [0.25, 0.3) is 0 Å². The van der Waals surface area contributed by atoms with E-state index in [0.29, 0.717) is 17.0 Å². The van der Waals surface area contributed by atoms with Crippen LogP contribution in [-0.4, -0.2) is 23.7 Å². The number of Topliss-reactive ketones (excluding diaryl/α,β-unsaturated/α-hetero) is 2. The zero-order chi connectivity index (χ0) is 20.2. The predicted octanol–water partition coefficient (Wildman–Crippen LogP) is 5.57. The second kappa shape index (κ2) is 6.44. The van der Waals surface area contributed by atoms with Gasteiger partial charge in [-0.05, 0) is 74.9 Å². The van der Waals surface area contributed by atoms with E-state index >= 15 is 0 Å². The van der Waals surface area contributed by atoms with Gasteiger partial charge in [0.15, 0.2) is 11.6 Å². The van der Waals surface area contributed by atoms with Gasteiger partial charge in [-0.25, -0.2) is 0 Å². The molecule has 2 aliphatic rings. The van der Waals surface area contributed by atoms with Gasteiger partial charge in [-0.1, -0.05) is 31.2 Å². The first-order valence-corrected chi connectivity index (χ1v) is 10.1. The molecule has 0 N–H and O–H groups in total. The highest BCUT2D eigenvalue weighted by atomic mass is 16.2. The van der Waals surface area contributed by atoms with Crippen molar-refractivity contribution in [2.75, 3.05) is 11.4 Å². The summed E-state index contributed by atoms with van der Waals surface area (Å²) >= 11 is 0. The Balaban J connectivity index is 1.82. The Labute approximate surface area is 167 Å². The molecule has 1 atom stereocenters. The molecule has 0 bridgehead atoms. The summed E-state index contributed by atoms with van der Waals surface area (Å²) in [6.45, 7) is 12.1. The van der Waals surface area contributed by atoms with Gasteiger partial charge in [-0.3, -0.25) is 9.59 Å². The van der Waals surface area contributed by atoms with Crippen LogP contribution in [-0.2, 0) is 0 Å². The second-order valence-electron chi connectivity index (χ2n) is 8.69. The Morgan fingerprint density at radius 3 is 2.29 bits per heavy atom. The summed E-state index contributed by atoms with van der Waals surface area (Å²) in [7, 11) is 0. The van der Waals surface area contributed by atoms with Crippen LogP contribution in [0.1, 0.15) is 77.4 Å². The molecule has 0 saturated carbocycles. The molecule has 0 amide bonds. The Hall–Kier alpha value is -2.68. The highest BCUT2D eigenvalue weighted by molar-refractivity contribution is 6.41. The summed E-state index contributed by atoms with van der Waals surface area (Å²) < 4.78 is 0. The van der Waals surface area contributed by atoms with Crippen LogP contribution in [0.3, 0.4) is 0 Å². The lowest BCUT2D eigenvalue weighted by molar-refractivity contribution is 0.0990. The number of hydrogen-bond donors (Lipinski definition) is 0. The molecule has 1 heterocycles. The van der Waals surface area contributed by atoms with E-state index in [1.807, 2.05) is 0 Å². The molecule has 0 aromatic heterocycles. The first kappa shape index (κ1) is 18.7. The number of carbonyl (C=O) groups excluding carboxylic acids is 2. The number of hydrogen-bond acceptors (Lipinski definition) is 3. The third kappa shape index (κ3) is 2.72. The van der Waals surface area contributed by atoms with Crippen molar-refractivity contribution >= 4 is 23.3 Å². The number of anilines is 1. The number of fused-ring (bicyclic) bond motifs is 2. The van der Waals surface area contributed by atoms with E-state index in [2.05, 4.69) is 51.7 Å². The van der Waals surface area contributed by atoms with E-state index in [1.165, 1.54) is 11.3 Å². The summed E-state index contributed by atoms with van der Waals surface area (Å²) in [6, 6.07) is 11.5. The topological polar surface area (TPSA) is 37.4 Å². The molecule has 3 nitrogen and oxygen atoms in total. The maximum Gasteiger partial charge on any atom is 0.197 e. The minimum atomic E-state index is -0.165. The van der Waals surface area contributed by atoms with Crippen molar-refractivity contribution in [2.24, 2.45) is 0 Å². The molecule has 4 rings (SSSR count). The van der Waals surface area contributed by atoms with Crippen molar-refractivity contribution in [2.45, 2.75) is 52.5 Å². The van der Waals surface area contributed by atoms with Gasteiger partial charge in [0.1, 0.15) is 0 Å². The first-order valence-electron chi connectivity index (χ1n) is 10.1. The van der Waals surface area contributed by atoms with E-state index in [1.54, 1.807) is 30.3 Å². The van der Waals surface area contributed by atoms with Gasteiger partial charge in [-0.15, -0.1) is 0 Å². The maximum absolute atomic E-state index is 12.8. The Morgan fingerprint density at radius 2 is 1.71 bits per heavy atom. The number of carbonyl (C=O) groups is 2. The number of benzene rings is 2. The molecule has 2 aromatic carbocycles. The summed E-state index contributed by atoms with van der Waals surface area (Å²) in [6.07, 6.45) is 2.87. The van der Waals surface area contributed by atoms with Gasteiger partial charge < -0.3 is 4.90 Å². The van der Waals surface area contributed by atoms with Crippen molar-refractivity contribution in [3.63, 3.8) is 0 Å². The fourth-order valence-corrected chi connectivity index (χ4v) is 4.96. The van der Waals surface area contributed by atoms with E-state index in [-0.39, 0.29) is 22.7 Å². The lowest BCUT2D eigenvalue weighted by Crippen LogP contribution is -2.48. The van der Waals surface area contributed by atoms with E-state index in [9.17, 15) is 9.59 Å². The fourth-order valence-electron chi connectivity index (χ4n) is 4.96. The maximum atomic E-state index is 12.8. The van der Waals surface area contributed by atoms with Crippen LogP contribution in [0.2, 0.25) is 0 Å². The largest absolute Gasteiger partial charge is 0.366 e. The Morgan fingerprint density at radius 1 is 1.11 bits per heavy atom. The molecule has 0 unspecified atom stereocenters. The monoisotopic (exact) mass is 373 g/mol. The smallest absolute Gasteiger partial charge is 0.197 e. The summed E-state index contributed by atoms with van der Waals surface area (Å²) in [5.41, 5.74) is 6.06.